The molecule has 0 saturated carbocycles. The van der Waals surface area contributed by atoms with Crippen LogP contribution in [0.2, 0.25) is 5.02 Å². The number of aliphatic hydroxyl groups excluding tert-OH is 1. The van der Waals surface area contributed by atoms with Crippen LogP contribution in [0.25, 0.3) is 11.3 Å². The van der Waals surface area contributed by atoms with Crippen molar-refractivity contribution >= 4 is 29.1 Å². The number of carbonyl (C=O) groups is 1. The number of aryl methyl sites for hydroxylation is 1. The summed E-state index contributed by atoms with van der Waals surface area (Å²) < 4.78 is 15.1. The summed E-state index contributed by atoms with van der Waals surface area (Å²) in [5, 5.41) is 13.7. The second kappa shape index (κ2) is 11.5. The number of amides is 1. The summed E-state index contributed by atoms with van der Waals surface area (Å²) in [4.78, 5) is 24.1. The summed E-state index contributed by atoms with van der Waals surface area (Å²) in [6.07, 6.45) is 3.62. The number of halogens is 2. The first-order valence-electron chi connectivity index (χ1n) is 12.2. The fourth-order valence-corrected chi connectivity index (χ4v) is 4.52. The van der Waals surface area contributed by atoms with Gasteiger partial charge in [0.25, 0.3) is 5.91 Å². The maximum absolute atomic E-state index is 13.4. The predicted octanol–water partition coefficient (Wildman–Crippen LogP) is 6.01. The first kappa shape index (κ1) is 26.3. The molecule has 0 spiro atoms. The highest BCUT2D eigenvalue weighted by atomic mass is 35.5. The molecule has 0 fully saturated rings. The fraction of sp³-hybridized carbons (Fsp3) is 0.250. The average molecular weight is 522 g/mol. The van der Waals surface area contributed by atoms with Crippen LogP contribution in [0.3, 0.4) is 0 Å². The number of fused-ring (bicyclic) bond motifs is 1. The Kier molecular flexibility index (Phi) is 8.21. The Bertz CT molecular complexity index is 1390. The number of hydrogen-bond acceptors (Lipinski definition) is 5. The number of nitrogens with zero attached hydrogens (tertiary/aromatic N) is 4. The first-order valence-corrected chi connectivity index (χ1v) is 12.5. The first-order chi connectivity index (χ1) is 17.9. The normalized spacial score (nSPS) is 13.5. The van der Waals surface area contributed by atoms with Gasteiger partial charge in [-0.3, -0.25) is 4.79 Å². The largest absolute Gasteiger partial charge is 0.394 e. The molecule has 3 heterocycles. The molecule has 0 saturated heterocycles. The molecule has 0 aliphatic carbocycles. The van der Waals surface area contributed by atoms with Crippen molar-refractivity contribution < 1.29 is 14.3 Å². The van der Waals surface area contributed by atoms with Crippen LogP contribution in [-0.4, -0.2) is 43.6 Å². The second-order valence-electron chi connectivity index (χ2n) is 8.42. The average Bonchev–Trinajstić information content (AvgIpc) is 3.35. The number of hydrogen-bond donors (Lipinski definition) is 2. The van der Waals surface area contributed by atoms with E-state index in [0.717, 1.165) is 16.7 Å². The van der Waals surface area contributed by atoms with Crippen molar-refractivity contribution in [3.8, 4) is 11.3 Å². The summed E-state index contributed by atoms with van der Waals surface area (Å²) in [6, 6.07) is 14.5. The number of nitrogens with one attached hydrogen (secondary N) is 1. The van der Waals surface area contributed by atoms with Gasteiger partial charge in [0.05, 0.1) is 18.3 Å². The van der Waals surface area contributed by atoms with E-state index in [9.17, 15) is 14.3 Å². The SMILES string of the molecule is CC.Cc1cnc(Nc2ccc(F)cc2)nc1-c1cc2n(c1)CCN(C(CO)c1cccc(Cl)c1)C2=O. The highest BCUT2D eigenvalue weighted by Gasteiger charge is 2.32. The van der Waals surface area contributed by atoms with Crippen LogP contribution in [0.5, 0.6) is 0 Å². The van der Waals surface area contributed by atoms with E-state index in [1.807, 2.05) is 49.7 Å². The van der Waals surface area contributed by atoms with E-state index in [-0.39, 0.29) is 18.3 Å². The van der Waals surface area contributed by atoms with Crippen molar-refractivity contribution in [2.45, 2.75) is 33.4 Å². The molecule has 2 aromatic heterocycles. The van der Waals surface area contributed by atoms with Gasteiger partial charge in [-0.1, -0.05) is 37.6 Å². The van der Waals surface area contributed by atoms with Gasteiger partial charge in [0.15, 0.2) is 0 Å². The quantitative estimate of drug-likeness (QED) is 0.325. The lowest BCUT2D eigenvalue weighted by Crippen LogP contribution is -2.43. The molecular weight excluding hydrogens is 493 g/mol. The fourth-order valence-electron chi connectivity index (χ4n) is 4.32. The molecule has 1 amide bonds. The molecule has 2 N–H and O–H groups in total. The highest BCUT2D eigenvalue weighted by Crippen LogP contribution is 2.31. The van der Waals surface area contributed by atoms with E-state index in [4.69, 9.17) is 11.6 Å². The van der Waals surface area contributed by atoms with Gasteiger partial charge in [0.1, 0.15) is 11.5 Å². The van der Waals surface area contributed by atoms with Crippen LogP contribution in [0.15, 0.2) is 67.0 Å². The number of rotatable bonds is 6. The molecule has 1 unspecified atom stereocenters. The Morgan fingerprint density at radius 3 is 2.59 bits per heavy atom. The van der Waals surface area contributed by atoms with Gasteiger partial charge in [-0.05, 0) is 60.5 Å². The van der Waals surface area contributed by atoms with Crippen LogP contribution in [0.4, 0.5) is 16.0 Å². The molecule has 0 radical (unpaired) electrons. The molecule has 1 aliphatic heterocycles. The third-order valence-electron chi connectivity index (χ3n) is 6.09. The molecule has 1 aliphatic rings. The Morgan fingerprint density at radius 2 is 1.89 bits per heavy atom. The third kappa shape index (κ3) is 5.65. The van der Waals surface area contributed by atoms with Gasteiger partial charge in [-0.25, -0.2) is 14.4 Å². The van der Waals surface area contributed by atoms with Gasteiger partial charge >= 0.3 is 0 Å². The van der Waals surface area contributed by atoms with Crippen molar-refractivity contribution in [3.05, 3.63) is 94.7 Å². The van der Waals surface area contributed by atoms with Gasteiger partial charge in [0.2, 0.25) is 5.95 Å². The Balaban J connectivity index is 0.00000156. The minimum Gasteiger partial charge on any atom is -0.394 e. The molecule has 9 heteroatoms. The zero-order chi connectivity index (χ0) is 26.5. The van der Waals surface area contributed by atoms with Crippen LogP contribution < -0.4 is 5.32 Å². The van der Waals surface area contributed by atoms with E-state index in [0.29, 0.717) is 41.1 Å². The van der Waals surface area contributed by atoms with Gasteiger partial charge < -0.3 is 19.9 Å². The van der Waals surface area contributed by atoms with Crippen molar-refractivity contribution in [1.82, 2.24) is 19.4 Å². The number of aliphatic hydroxyl groups is 1. The monoisotopic (exact) mass is 521 g/mol. The summed E-state index contributed by atoms with van der Waals surface area (Å²) in [5.74, 6) is -0.119. The molecule has 4 aromatic rings. The predicted molar refractivity (Wildman–Crippen MR) is 144 cm³/mol. The van der Waals surface area contributed by atoms with Crippen LogP contribution >= 0.6 is 11.6 Å². The number of aromatic nitrogens is 3. The number of carbonyl (C=O) groups excluding carboxylic acids is 1. The van der Waals surface area contributed by atoms with Gasteiger partial charge in [0, 0.05) is 41.8 Å². The van der Waals surface area contributed by atoms with Crippen molar-refractivity contribution in [2.24, 2.45) is 0 Å². The number of anilines is 2. The Morgan fingerprint density at radius 1 is 1.14 bits per heavy atom. The summed E-state index contributed by atoms with van der Waals surface area (Å²) in [5.41, 5.74) is 4.32. The molecule has 192 valence electrons. The van der Waals surface area contributed by atoms with Crippen molar-refractivity contribution in [1.29, 1.82) is 0 Å². The Labute approximate surface area is 220 Å². The molecule has 1 atom stereocenters. The van der Waals surface area contributed by atoms with Crippen LogP contribution in [-0.2, 0) is 6.54 Å². The Hall–Kier alpha value is -3.75. The number of benzene rings is 2. The van der Waals surface area contributed by atoms with Crippen LogP contribution in [0, 0.1) is 12.7 Å². The highest BCUT2D eigenvalue weighted by molar-refractivity contribution is 6.30. The molecule has 7 nitrogen and oxygen atoms in total. The third-order valence-corrected chi connectivity index (χ3v) is 6.32. The van der Waals surface area contributed by atoms with Gasteiger partial charge in [-0.15, -0.1) is 0 Å². The van der Waals surface area contributed by atoms with Crippen molar-refractivity contribution in [3.63, 3.8) is 0 Å². The molecule has 0 bridgehead atoms. The lowest BCUT2D eigenvalue weighted by Gasteiger charge is -2.34. The molecular formula is C28H29ClFN5O2. The smallest absolute Gasteiger partial charge is 0.271 e. The second-order valence-corrected chi connectivity index (χ2v) is 8.85. The standard InChI is InChI=1S/C26H23ClFN5O2.C2H6/c1-16-13-29-26(30-21-7-5-20(28)6-8-21)31-24(16)18-12-22-25(35)33(10-9-32(22)14-18)23(15-34)17-3-2-4-19(27)11-17;1-2/h2-8,11-14,23,34H,9-10,15H2,1H3,(H,29,30,31);1-2H3. The topological polar surface area (TPSA) is 83.3 Å². The van der Waals surface area contributed by atoms with E-state index in [2.05, 4.69) is 15.3 Å². The van der Waals surface area contributed by atoms with Gasteiger partial charge in [-0.2, -0.15) is 0 Å². The van der Waals surface area contributed by atoms with E-state index >= 15 is 0 Å². The van der Waals surface area contributed by atoms with E-state index < -0.39 is 6.04 Å². The zero-order valence-corrected chi connectivity index (χ0v) is 21.7. The maximum atomic E-state index is 13.4. The zero-order valence-electron chi connectivity index (χ0n) is 20.9. The summed E-state index contributed by atoms with van der Waals surface area (Å²) in [6.45, 7) is 6.74. The van der Waals surface area contributed by atoms with E-state index in [1.165, 1.54) is 12.1 Å². The molecule has 5 rings (SSSR count). The maximum Gasteiger partial charge on any atom is 0.271 e. The minimum atomic E-state index is -0.486. The lowest BCUT2D eigenvalue weighted by atomic mass is 10.0. The molecule has 37 heavy (non-hydrogen) atoms. The summed E-state index contributed by atoms with van der Waals surface area (Å²) in [7, 11) is 0. The molecule has 2 aromatic carbocycles. The summed E-state index contributed by atoms with van der Waals surface area (Å²) >= 11 is 6.14. The lowest BCUT2D eigenvalue weighted by molar-refractivity contribution is 0.0526. The van der Waals surface area contributed by atoms with E-state index in [1.54, 1.807) is 35.4 Å². The van der Waals surface area contributed by atoms with Crippen LogP contribution in [0.1, 0.15) is 41.5 Å². The minimum absolute atomic E-state index is 0.169. The van der Waals surface area contributed by atoms with Crippen molar-refractivity contribution in [2.75, 3.05) is 18.5 Å².